The highest BCUT2D eigenvalue weighted by Crippen LogP contribution is 2.29. The van der Waals surface area contributed by atoms with E-state index in [1.54, 1.807) is 35.4 Å². The Hall–Kier alpha value is -3.88. The summed E-state index contributed by atoms with van der Waals surface area (Å²) in [7, 11) is 0. The average molecular weight is 461 g/mol. The van der Waals surface area contributed by atoms with Gasteiger partial charge in [0.05, 0.1) is 11.3 Å². The molecular weight excluding hydrogens is 437 g/mol. The Morgan fingerprint density at radius 3 is 2.74 bits per heavy atom. The molecule has 1 amide bonds. The molecule has 3 aromatic heterocycles. The Morgan fingerprint density at radius 2 is 1.97 bits per heavy atom. The first-order valence-electron chi connectivity index (χ1n) is 11.3. The van der Waals surface area contributed by atoms with Crippen molar-refractivity contribution in [3.63, 3.8) is 0 Å². The highest BCUT2D eigenvalue weighted by molar-refractivity contribution is 5.97. The van der Waals surface area contributed by atoms with Crippen molar-refractivity contribution in [2.45, 2.75) is 39.2 Å². The number of rotatable bonds is 4. The number of benzene rings is 1. The summed E-state index contributed by atoms with van der Waals surface area (Å²) in [6, 6.07) is 9.35. The predicted octanol–water partition coefficient (Wildman–Crippen LogP) is 3.93. The molecule has 34 heavy (non-hydrogen) atoms. The molecule has 0 spiro atoms. The van der Waals surface area contributed by atoms with Crippen LogP contribution in [0.5, 0.6) is 0 Å². The number of pyridine rings is 2. The lowest BCUT2D eigenvalue weighted by Crippen LogP contribution is -2.41. The fraction of sp³-hybridized carbons (Fsp3) is 0.320. The first-order valence-corrected chi connectivity index (χ1v) is 11.3. The van der Waals surface area contributed by atoms with E-state index < -0.39 is 0 Å². The summed E-state index contributed by atoms with van der Waals surface area (Å²) in [4.78, 5) is 32.8. The number of halogens is 1. The molecule has 1 saturated heterocycles. The number of nitrogens with zero attached hydrogens (tertiary/aromatic N) is 5. The summed E-state index contributed by atoms with van der Waals surface area (Å²) < 4.78 is 20.9. The van der Waals surface area contributed by atoms with Crippen LogP contribution in [0.15, 0.2) is 51.8 Å². The Labute approximate surface area is 195 Å². The zero-order valence-electron chi connectivity index (χ0n) is 19.0. The maximum absolute atomic E-state index is 13.4. The van der Waals surface area contributed by atoms with Gasteiger partial charge < -0.3 is 13.9 Å². The van der Waals surface area contributed by atoms with Crippen molar-refractivity contribution in [2.75, 3.05) is 13.1 Å². The number of amides is 1. The lowest BCUT2D eigenvalue weighted by molar-refractivity contribution is 0.0696. The number of fused-ring (bicyclic) bond motifs is 1. The number of piperidine rings is 1. The number of carbonyl (C=O) groups excluding carboxylic acids is 1. The molecular formula is C25H24FN5O3. The van der Waals surface area contributed by atoms with E-state index in [-0.39, 0.29) is 28.6 Å². The molecule has 0 radical (unpaired) electrons. The van der Waals surface area contributed by atoms with E-state index >= 15 is 0 Å². The molecule has 1 unspecified atom stereocenters. The molecule has 1 aliphatic rings. The number of hydrogen-bond donors (Lipinski definition) is 0. The van der Waals surface area contributed by atoms with E-state index in [2.05, 4.69) is 15.2 Å². The third-order valence-electron chi connectivity index (χ3n) is 6.22. The topological polar surface area (TPSA) is 94.1 Å². The summed E-state index contributed by atoms with van der Waals surface area (Å²) in [6.45, 7) is 5.33. The van der Waals surface area contributed by atoms with Gasteiger partial charge in [-0.05, 0) is 63.1 Å². The van der Waals surface area contributed by atoms with Crippen molar-refractivity contribution in [1.29, 1.82) is 0 Å². The van der Waals surface area contributed by atoms with Crippen LogP contribution in [0, 0.1) is 12.7 Å². The standard InChI is InChI=1S/C25H24FN5O3/c1-3-30-14-20(21(32)19-11-6-15(2)27-22(19)30)25(33)31-12-4-5-17(13-31)24-29-28-23(34-24)16-7-9-18(26)10-8-16/h6-11,14,17H,3-5,12-13H2,1-2H3. The molecule has 174 valence electrons. The first kappa shape index (κ1) is 21.9. The van der Waals surface area contributed by atoms with Gasteiger partial charge in [-0.15, -0.1) is 10.2 Å². The molecule has 0 saturated carbocycles. The number of likely N-dealkylation sites (tertiary alicyclic amines) is 1. The highest BCUT2D eigenvalue weighted by Gasteiger charge is 2.30. The van der Waals surface area contributed by atoms with Crippen molar-refractivity contribution < 1.29 is 13.6 Å². The van der Waals surface area contributed by atoms with E-state index in [9.17, 15) is 14.0 Å². The van der Waals surface area contributed by atoms with Crippen LogP contribution in [0.2, 0.25) is 0 Å². The largest absolute Gasteiger partial charge is 0.420 e. The normalized spacial score (nSPS) is 16.2. The van der Waals surface area contributed by atoms with Crippen molar-refractivity contribution in [1.82, 2.24) is 24.6 Å². The van der Waals surface area contributed by atoms with Crippen LogP contribution in [-0.4, -0.2) is 43.6 Å². The smallest absolute Gasteiger partial charge is 0.259 e. The highest BCUT2D eigenvalue weighted by atomic mass is 19.1. The number of aromatic nitrogens is 4. The summed E-state index contributed by atoms with van der Waals surface area (Å²) >= 11 is 0. The molecule has 0 aliphatic carbocycles. The lowest BCUT2D eigenvalue weighted by atomic mass is 9.97. The summed E-state index contributed by atoms with van der Waals surface area (Å²) in [5, 5.41) is 8.71. The van der Waals surface area contributed by atoms with E-state index in [4.69, 9.17) is 4.42 Å². The molecule has 1 aromatic carbocycles. The van der Waals surface area contributed by atoms with Crippen LogP contribution in [0.25, 0.3) is 22.5 Å². The Bertz CT molecular complexity index is 1430. The Morgan fingerprint density at radius 1 is 1.18 bits per heavy atom. The summed E-state index contributed by atoms with van der Waals surface area (Å²) in [5.74, 6) is -0.0514. The average Bonchev–Trinajstić information content (AvgIpc) is 3.35. The minimum atomic E-state index is -0.341. The Kier molecular flexibility index (Phi) is 5.69. The van der Waals surface area contributed by atoms with Gasteiger partial charge in [0.15, 0.2) is 0 Å². The first-order chi connectivity index (χ1) is 16.4. The quantitative estimate of drug-likeness (QED) is 0.457. The van der Waals surface area contributed by atoms with Crippen LogP contribution >= 0.6 is 0 Å². The molecule has 0 bridgehead atoms. The molecule has 1 atom stereocenters. The minimum absolute atomic E-state index is 0.137. The zero-order chi connectivity index (χ0) is 23.8. The molecule has 1 fully saturated rings. The molecule has 5 rings (SSSR count). The van der Waals surface area contributed by atoms with E-state index in [0.717, 1.165) is 18.5 Å². The number of hydrogen-bond acceptors (Lipinski definition) is 6. The lowest BCUT2D eigenvalue weighted by Gasteiger charge is -2.31. The van der Waals surface area contributed by atoms with Crippen molar-refractivity contribution in [3.8, 4) is 11.5 Å². The van der Waals surface area contributed by atoms with E-state index in [1.807, 2.05) is 18.4 Å². The van der Waals surface area contributed by atoms with Crippen LogP contribution in [0.1, 0.15) is 47.6 Å². The van der Waals surface area contributed by atoms with Crippen LogP contribution in [-0.2, 0) is 6.54 Å². The van der Waals surface area contributed by atoms with Gasteiger partial charge in [-0.25, -0.2) is 9.37 Å². The molecule has 9 heteroatoms. The van der Waals surface area contributed by atoms with Crippen LogP contribution in [0.4, 0.5) is 4.39 Å². The second kappa shape index (κ2) is 8.81. The monoisotopic (exact) mass is 461 g/mol. The SMILES string of the molecule is CCn1cc(C(=O)N2CCCC(c3nnc(-c4ccc(F)cc4)o3)C2)c(=O)c2ccc(C)nc21. The molecule has 4 aromatic rings. The van der Waals surface area contributed by atoms with Gasteiger partial charge in [0.2, 0.25) is 17.2 Å². The van der Waals surface area contributed by atoms with Gasteiger partial charge in [0.1, 0.15) is 17.0 Å². The predicted molar refractivity (Wildman–Crippen MR) is 124 cm³/mol. The molecule has 4 heterocycles. The van der Waals surface area contributed by atoms with Crippen molar-refractivity contribution in [3.05, 3.63) is 75.8 Å². The maximum Gasteiger partial charge on any atom is 0.259 e. The van der Waals surface area contributed by atoms with Crippen LogP contribution < -0.4 is 5.43 Å². The zero-order valence-corrected chi connectivity index (χ0v) is 19.0. The second-order valence-electron chi connectivity index (χ2n) is 8.52. The van der Waals surface area contributed by atoms with E-state index in [1.165, 1.54) is 12.1 Å². The Balaban J connectivity index is 1.41. The van der Waals surface area contributed by atoms with Gasteiger partial charge in [0, 0.05) is 37.1 Å². The fourth-order valence-corrected chi connectivity index (χ4v) is 4.40. The summed E-state index contributed by atoms with van der Waals surface area (Å²) in [5.41, 5.74) is 1.85. The fourth-order valence-electron chi connectivity index (χ4n) is 4.40. The van der Waals surface area contributed by atoms with Gasteiger partial charge in [0.25, 0.3) is 5.91 Å². The van der Waals surface area contributed by atoms with Gasteiger partial charge in [-0.2, -0.15) is 0 Å². The van der Waals surface area contributed by atoms with Gasteiger partial charge in [-0.1, -0.05) is 0 Å². The maximum atomic E-state index is 13.4. The van der Waals surface area contributed by atoms with Gasteiger partial charge >= 0.3 is 0 Å². The molecule has 8 nitrogen and oxygen atoms in total. The van der Waals surface area contributed by atoms with E-state index in [0.29, 0.717) is 48.0 Å². The number of carbonyl (C=O) groups is 1. The summed E-state index contributed by atoms with van der Waals surface area (Å²) in [6.07, 6.45) is 3.15. The van der Waals surface area contributed by atoms with Gasteiger partial charge in [-0.3, -0.25) is 9.59 Å². The third kappa shape index (κ3) is 3.98. The number of aryl methyl sites for hydroxylation is 2. The second-order valence-corrected chi connectivity index (χ2v) is 8.52. The van der Waals surface area contributed by atoms with Crippen LogP contribution in [0.3, 0.4) is 0 Å². The van der Waals surface area contributed by atoms with Crippen molar-refractivity contribution >= 4 is 16.9 Å². The molecule has 0 N–H and O–H groups in total. The minimum Gasteiger partial charge on any atom is -0.420 e. The van der Waals surface area contributed by atoms with Crippen molar-refractivity contribution in [2.24, 2.45) is 0 Å². The third-order valence-corrected chi connectivity index (χ3v) is 6.22. The molecule has 1 aliphatic heterocycles.